The van der Waals surface area contributed by atoms with Gasteiger partial charge in [0.2, 0.25) is 5.91 Å². The lowest BCUT2D eigenvalue weighted by atomic mass is 10.2. The van der Waals surface area contributed by atoms with Crippen molar-refractivity contribution in [2.75, 3.05) is 0 Å². The van der Waals surface area contributed by atoms with E-state index in [4.69, 9.17) is 5.73 Å². The Morgan fingerprint density at radius 2 is 1.82 bits per heavy atom. The van der Waals surface area contributed by atoms with Crippen LogP contribution in [0.1, 0.15) is 5.56 Å². The number of hydrogen-bond acceptors (Lipinski definition) is 3. The van der Waals surface area contributed by atoms with E-state index in [2.05, 4.69) is 22.9 Å². The van der Waals surface area contributed by atoms with E-state index >= 15 is 0 Å². The van der Waals surface area contributed by atoms with Crippen LogP contribution in [0.2, 0.25) is 0 Å². The summed E-state index contributed by atoms with van der Waals surface area (Å²) in [6.07, 6.45) is 2.94. The third-order valence-electron chi connectivity index (χ3n) is 1.70. The smallest absolute Gasteiger partial charge is 0.318 e. The van der Waals surface area contributed by atoms with Crippen LogP contribution in [0.25, 0.3) is 6.08 Å². The van der Waals surface area contributed by atoms with Crippen molar-refractivity contribution in [2.24, 2.45) is 5.73 Å². The number of primary amides is 1. The molecule has 0 saturated heterocycles. The molecular formula is C11H11N3O2S. The Morgan fingerprint density at radius 1 is 1.18 bits per heavy atom. The van der Waals surface area contributed by atoms with Gasteiger partial charge in [0.1, 0.15) is 0 Å². The van der Waals surface area contributed by atoms with E-state index in [0.717, 1.165) is 5.56 Å². The Labute approximate surface area is 104 Å². The molecule has 4 N–H and O–H groups in total. The number of benzene rings is 1. The lowest BCUT2D eigenvalue weighted by Gasteiger charge is -2.03. The van der Waals surface area contributed by atoms with E-state index in [1.807, 2.05) is 30.3 Å². The summed E-state index contributed by atoms with van der Waals surface area (Å²) in [5.74, 6) is -0.437. The van der Waals surface area contributed by atoms with Crippen LogP contribution in [0.4, 0.5) is 4.79 Å². The molecule has 0 fully saturated rings. The van der Waals surface area contributed by atoms with Crippen molar-refractivity contribution in [1.82, 2.24) is 10.6 Å². The van der Waals surface area contributed by atoms with Gasteiger partial charge in [0, 0.05) is 6.08 Å². The summed E-state index contributed by atoms with van der Waals surface area (Å²) in [4.78, 5) is 21.8. The van der Waals surface area contributed by atoms with Crippen LogP contribution in [0.5, 0.6) is 0 Å². The van der Waals surface area contributed by atoms with Gasteiger partial charge in [0.15, 0.2) is 5.11 Å². The topological polar surface area (TPSA) is 84.2 Å². The molecule has 0 atom stereocenters. The highest BCUT2D eigenvalue weighted by Crippen LogP contribution is 2.00. The first kappa shape index (κ1) is 12.9. The first-order chi connectivity index (χ1) is 8.08. The molecule has 0 unspecified atom stereocenters. The maximum atomic E-state index is 11.3. The lowest BCUT2D eigenvalue weighted by Crippen LogP contribution is -2.43. The Bertz CT molecular complexity index is 457. The predicted molar refractivity (Wildman–Crippen MR) is 68.9 cm³/mol. The van der Waals surface area contributed by atoms with Crippen molar-refractivity contribution in [2.45, 2.75) is 0 Å². The van der Waals surface area contributed by atoms with Gasteiger partial charge in [-0.25, -0.2) is 4.79 Å². The summed E-state index contributed by atoms with van der Waals surface area (Å²) in [6, 6.07) is 8.48. The second kappa shape index (κ2) is 6.39. The number of nitrogens with one attached hydrogen (secondary N) is 2. The number of carbonyl (C=O) groups excluding carboxylic acids is 2. The molecule has 5 nitrogen and oxygen atoms in total. The molecule has 0 aliphatic carbocycles. The largest absolute Gasteiger partial charge is 0.351 e. The molecule has 6 heteroatoms. The number of nitrogens with two attached hydrogens (primary N) is 1. The summed E-state index contributed by atoms with van der Waals surface area (Å²) in [5.41, 5.74) is 5.71. The van der Waals surface area contributed by atoms with Gasteiger partial charge in [-0.15, -0.1) is 0 Å². The summed E-state index contributed by atoms with van der Waals surface area (Å²) < 4.78 is 0. The van der Waals surface area contributed by atoms with Crippen LogP contribution in [0, 0.1) is 0 Å². The second-order valence-corrected chi connectivity index (χ2v) is 3.46. The van der Waals surface area contributed by atoms with Crippen LogP contribution in [-0.2, 0) is 4.79 Å². The summed E-state index contributed by atoms with van der Waals surface area (Å²) in [5, 5.41) is 4.23. The Balaban J connectivity index is 2.47. The number of thiocarbonyl (C=S) groups is 1. The van der Waals surface area contributed by atoms with Crippen molar-refractivity contribution in [3.05, 3.63) is 42.0 Å². The van der Waals surface area contributed by atoms with Crippen molar-refractivity contribution in [1.29, 1.82) is 0 Å². The fraction of sp³-hybridized carbons (Fsp3) is 0. The Hall–Kier alpha value is -2.21. The highest BCUT2D eigenvalue weighted by Gasteiger charge is 2.01. The van der Waals surface area contributed by atoms with Gasteiger partial charge < -0.3 is 5.73 Å². The zero-order valence-corrected chi connectivity index (χ0v) is 9.66. The van der Waals surface area contributed by atoms with Crippen molar-refractivity contribution in [3.8, 4) is 0 Å². The number of hydrogen-bond donors (Lipinski definition) is 3. The first-order valence-electron chi connectivity index (χ1n) is 4.72. The first-order valence-corrected chi connectivity index (χ1v) is 5.13. The fourth-order valence-electron chi connectivity index (χ4n) is 1.03. The Kier molecular flexibility index (Phi) is 4.83. The molecule has 17 heavy (non-hydrogen) atoms. The summed E-state index contributed by atoms with van der Waals surface area (Å²) in [6.45, 7) is 0. The minimum absolute atomic E-state index is 0.125. The molecule has 3 amide bonds. The van der Waals surface area contributed by atoms with Gasteiger partial charge in [0.25, 0.3) is 0 Å². The zero-order chi connectivity index (χ0) is 12.7. The van der Waals surface area contributed by atoms with Crippen LogP contribution in [-0.4, -0.2) is 17.1 Å². The molecule has 1 aromatic carbocycles. The molecule has 0 aliphatic rings. The lowest BCUT2D eigenvalue weighted by molar-refractivity contribution is -0.115. The maximum absolute atomic E-state index is 11.3. The SMILES string of the molecule is NC(=O)NC(=S)NC(=O)C=Cc1ccccc1. The van der Waals surface area contributed by atoms with E-state index < -0.39 is 11.9 Å². The van der Waals surface area contributed by atoms with Crippen molar-refractivity contribution < 1.29 is 9.59 Å². The Morgan fingerprint density at radius 3 is 2.41 bits per heavy atom. The number of urea groups is 1. The van der Waals surface area contributed by atoms with E-state index in [0.29, 0.717) is 0 Å². The van der Waals surface area contributed by atoms with Gasteiger partial charge in [-0.1, -0.05) is 30.3 Å². The molecular weight excluding hydrogens is 238 g/mol. The molecule has 0 aliphatic heterocycles. The predicted octanol–water partition coefficient (Wildman–Crippen LogP) is 0.769. The van der Waals surface area contributed by atoms with E-state index in [1.165, 1.54) is 6.08 Å². The molecule has 0 saturated carbocycles. The number of amides is 3. The van der Waals surface area contributed by atoms with E-state index in [9.17, 15) is 9.59 Å². The maximum Gasteiger partial charge on any atom is 0.318 e. The van der Waals surface area contributed by atoms with Crippen LogP contribution >= 0.6 is 12.2 Å². The second-order valence-electron chi connectivity index (χ2n) is 3.05. The summed E-state index contributed by atoms with van der Waals surface area (Å²) in [7, 11) is 0. The van der Waals surface area contributed by atoms with E-state index in [1.54, 1.807) is 6.08 Å². The van der Waals surface area contributed by atoms with Crippen LogP contribution in [0.15, 0.2) is 36.4 Å². The number of rotatable bonds is 2. The molecule has 1 aromatic rings. The quantitative estimate of drug-likeness (QED) is 0.534. The minimum atomic E-state index is -0.817. The van der Waals surface area contributed by atoms with Gasteiger partial charge >= 0.3 is 6.03 Å². The van der Waals surface area contributed by atoms with Crippen molar-refractivity contribution in [3.63, 3.8) is 0 Å². The highest BCUT2D eigenvalue weighted by molar-refractivity contribution is 7.80. The fourth-order valence-corrected chi connectivity index (χ4v) is 1.23. The molecule has 0 spiro atoms. The molecule has 0 heterocycles. The molecule has 0 radical (unpaired) electrons. The normalized spacial score (nSPS) is 9.88. The van der Waals surface area contributed by atoms with Gasteiger partial charge in [-0.2, -0.15) is 0 Å². The van der Waals surface area contributed by atoms with Gasteiger partial charge in [0.05, 0.1) is 0 Å². The third-order valence-corrected chi connectivity index (χ3v) is 1.90. The molecule has 1 rings (SSSR count). The number of carbonyl (C=O) groups is 2. The standard InChI is InChI=1S/C11H11N3O2S/c12-10(16)14-11(17)13-9(15)7-6-8-4-2-1-3-5-8/h1-7H,(H4,12,13,14,15,16,17). The highest BCUT2D eigenvalue weighted by atomic mass is 32.1. The zero-order valence-electron chi connectivity index (χ0n) is 8.84. The van der Waals surface area contributed by atoms with Crippen LogP contribution < -0.4 is 16.4 Å². The minimum Gasteiger partial charge on any atom is -0.351 e. The average molecular weight is 249 g/mol. The monoisotopic (exact) mass is 249 g/mol. The third kappa shape index (κ3) is 5.43. The molecule has 0 aromatic heterocycles. The van der Waals surface area contributed by atoms with Crippen LogP contribution in [0.3, 0.4) is 0 Å². The summed E-state index contributed by atoms with van der Waals surface area (Å²) >= 11 is 4.66. The average Bonchev–Trinajstić information content (AvgIpc) is 2.26. The van der Waals surface area contributed by atoms with Gasteiger partial charge in [-0.3, -0.25) is 15.4 Å². The van der Waals surface area contributed by atoms with Crippen molar-refractivity contribution >= 4 is 35.3 Å². The van der Waals surface area contributed by atoms with E-state index in [-0.39, 0.29) is 5.11 Å². The van der Waals surface area contributed by atoms with Gasteiger partial charge in [-0.05, 0) is 23.9 Å². The molecule has 0 bridgehead atoms. The molecule has 88 valence electrons.